The maximum Gasteiger partial charge on any atom is 0.511 e. The molecule has 3 N–H and O–H groups in total. The van der Waals surface area contributed by atoms with E-state index in [4.69, 9.17) is 15.6 Å². The van der Waals surface area contributed by atoms with E-state index < -0.39 is 17.9 Å². The molecule has 28 heavy (non-hydrogen) atoms. The molecule has 0 spiro atoms. The molecule has 0 aliphatic heterocycles. The Bertz CT molecular complexity index is 1230. The number of carbonyl (C=O) groups excluding carboxylic acids is 1. The second-order valence-electron chi connectivity index (χ2n) is 6.27. The van der Waals surface area contributed by atoms with Crippen LogP contribution in [0.15, 0.2) is 60.7 Å². The molecule has 6 nitrogen and oxygen atoms in total. The number of hydrogen-bond donors (Lipinski definition) is 2. The van der Waals surface area contributed by atoms with Crippen LogP contribution in [0.4, 0.5) is 9.18 Å². The molecule has 1 heterocycles. The van der Waals surface area contributed by atoms with E-state index in [-0.39, 0.29) is 22.2 Å². The van der Waals surface area contributed by atoms with E-state index in [0.29, 0.717) is 17.4 Å². The summed E-state index contributed by atoms with van der Waals surface area (Å²) in [6, 6.07) is 16.7. The van der Waals surface area contributed by atoms with Gasteiger partial charge in [0.15, 0.2) is 0 Å². The first-order valence-electron chi connectivity index (χ1n) is 8.45. The Morgan fingerprint density at radius 3 is 2.43 bits per heavy atom. The lowest BCUT2D eigenvalue weighted by atomic mass is 10.1. The minimum atomic E-state index is -1.53. The van der Waals surface area contributed by atoms with Gasteiger partial charge in [0.05, 0.1) is 16.4 Å². The number of hydrogen-bond acceptors (Lipinski definition) is 3. The lowest BCUT2D eigenvalue weighted by Crippen LogP contribution is -2.11. The average molecular weight is 378 g/mol. The predicted octanol–water partition coefficient (Wildman–Crippen LogP) is 4.14. The molecule has 0 fully saturated rings. The summed E-state index contributed by atoms with van der Waals surface area (Å²) in [6.45, 7) is 0.316. The van der Waals surface area contributed by atoms with Gasteiger partial charge < -0.3 is 20.1 Å². The first-order valence-corrected chi connectivity index (χ1v) is 8.45. The smallest absolute Gasteiger partial charge is 0.449 e. The third kappa shape index (κ3) is 2.83. The molecule has 0 aliphatic rings. The lowest BCUT2D eigenvalue weighted by molar-refractivity contribution is 0.100. The Hall–Kier alpha value is -3.87. The predicted molar refractivity (Wildman–Crippen MR) is 102 cm³/mol. The fourth-order valence-corrected chi connectivity index (χ4v) is 3.52. The molecule has 0 saturated carbocycles. The van der Waals surface area contributed by atoms with Crippen LogP contribution in [-0.2, 0) is 6.54 Å². The number of carboxylic acid groups (broad SMARTS) is 1. The van der Waals surface area contributed by atoms with Crippen LogP contribution in [0.2, 0.25) is 0 Å². The second kappa shape index (κ2) is 6.70. The van der Waals surface area contributed by atoms with Crippen molar-refractivity contribution < 1.29 is 23.8 Å². The van der Waals surface area contributed by atoms with Crippen molar-refractivity contribution in [2.45, 2.75) is 6.54 Å². The Morgan fingerprint density at radius 2 is 1.75 bits per heavy atom. The summed E-state index contributed by atoms with van der Waals surface area (Å²) in [5.74, 6) is -1.32. The van der Waals surface area contributed by atoms with Gasteiger partial charge in [-0.15, -0.1) is 0 Å². The topological polar surface area (TPSA) is 94.6 Å². The zero-order valence-electron chi connectivity index (χ0n) is 14.6. The molecule has 0 aliphatic carbocycles. The monoisotopic (exact) mass is 378 g/mol. The van der Waals surface area contributed by atoms with E-state index in [1.54, 1.807) is 16.7 Å². The highest BCUT2D eigenvalue weighted by Gasteiger charge is 2.23. The lowest BCUT2D eigenvalue weighted by Gasteiger charge is -2.09. The van der Waals surface area contributed by atoms with Gasteiger partial charge in [0, 0.05) is 17.5 Å². The summed E-state index contributed by atoms with van der Waals surface area (Å²) in [7, 11) is 0. The number of ether oxygens (including phenoxy) is 1. The van der Waals surface area contributed by atoms with E-state index in [2.05, 4.69) is 0 Å². The highest BCUT2D eigenvalue weighted by molar-refractivity contribution is 6.20. The zero-order valence-corrected chi connectivity index (χ0v) is 14.6. The first kappa shape index (κ1) is 17.5. The number of primary amides is 1. The van der Waals surface area contributed by atoms with Crippen molar-refractivity contribution in [1.82, 2.24) is 4.57 Å². The number of fused-ring (bicyclic) bond motifs is 3. The van der Waals surface area contributed by atoms with Crippen LogP contribution in [0.25, 0.3) is 21.8 Å². The van der Waals surface area contributed by atoms with Crippen LogP contribution in [0.1, 0.15) is 15.9 Å². The molecule has 0 radical (unpaired) electrons. The Labute approximate surface area is 158 Å². The Morgan fingerprint density at radius 1 is 1.00 bits per heavy atom. The molecule has 140 valence electrons. The third-order valence-corrected chi connectivity index (χ3v) is 4.59. The van der Waals surface area contributed by atoms with Crippen LogP contribution in [-0.4, -0.2) is 21.7 Å². The molecule has 0 bridgehead atoms. The van der Waals surface area contributed by atoms with E-state index in [9.17, 15) is 14.0 Å². The number of aromatic nitrogens is 1. The van der Waals surface area contributed by atoms with Gasteiger partial charge in [0.1, 0.15) is 11.6 Å². The SMILES string of the molecule is NC(=O)c1cccc2c1c1c(OC(=O)O)ccc(F)c1n2Cc1ccccc1. The standard InChI is InChI=1S/C21H15FN2O4/c22-14-9-10-16(28-21(26)27)18-17-13(20(23)25)7-4-8-15(17)24(19(14)18)11-12-5-2-1-3-6-12/h1-10H,11H2,(H2,23,25)(H,26,27). The summed E-state index contributed by atoms with van der Waals surface area (Å²) in [5.41, 5.74) is 7.29. The molecule has 1 amide bonds. The van der Waals surface area contributed by atoms with Crippen molar-refractivity contribution >= 4 is 33.9 Å². The molecular formula is C21H15FN2O4. The van der Waals surface area contributed by atoms with Crippen molar-refractivity contribution in [3.63, 3.8) is 0 Å². The molecular weight excluding hydrogens is 363 g/mol. The van der Waals surface area contributed by atoms with E-state index >= 15 is 0 Å². The molecule has 0 atom stereocenters. The number of halogens is 1. The summed E-state index contributed by atoms with van der Waals surface area (Å²) in [4.78, 5) is 23.1. The number of carbonyl (C=O) groups is 2. The van der Waals surface area contributed by atoms with E-state index in [1.807, 2.05) is 30.3 Å². The Kier molecular flexibility index (Phi) is 4.19. The summed E-state index contributed by atoms with van der Waals surface area (Å²) < 4.78 is 21.5. The highest BCUT2D eigenvalue weighted by atomic mass is 19.1. The van der Waals surface area contributed by atoms with Crippen molar-refractivity contribution in [2.75, 3.05) is 0 Å². The molecule has 4 aromatic rings. The van der Waals surface area contributed by atoms with Gasteiger partial charge in [-0.3, -0.25) is 4.79 Å². The number of benzene rings is 3. The zero-order chi connectivity index (χ0) is 19.8. The van der Waals surface area contributed by atoms with Crippen molar-refractivity contribution in [2.24, 2.45) is 5.73 Å². The van der Waals surface area contributed by atoms with Gasteiger partial charge in [0.25, 0.3) is 0 Å². The number of rotatable bonds is 4. The molecule has 3 aromatic carbocycles. The van der Waals surface area contributed by atoms with Gasteiger partial charge in [-0.1, -0.05) is 36.4 Å². The van der Waals surface area contributed by atoms with Gasteiger partial charge in [0.2, 0.25) is 5.91 Å². The molecule has 0 saturated heterocycles. The average Bonchev–Trinajstić information content (AvgIpc) is 3.00. The summed E-state index contributed by atoms with van der Waals surface area (Å²) in [6.07, 6.45) is -1.53. The number of nitrogens with two attached hydrogens (primary N) is 1. The number of amides is 1. The summed E-state index contributed by atoms with van der Waals surface area (Å²) >= 11 is 0. The van der Waals surface area contributed by atoms with Gasteiger partial charge in [-0.05, 0) is 29.8 Å². The number of nitrogens with zero attached hydrogens (tertiary/aromatic N) is 1. The van der Waals surface area contributed by atoms with Crippen LogP contribution in [0.3, 0.4) is 0 Å². The maximum atomic E-state index is 14.9. The van der Waals surface area contributed by atoms with Crippen LogP contribution in [0, 0.1) is 5.82 Å². The van der Waals surface area contributed by atoms with E-state index in [1.165, 1.54) is 12.1 Å². The third-order valence-electron chi connectivity index (χ3n) is 4.59. The van der Waals surface area contributed by atoms with Crippen LogP contribution < -0.4 is 10.5 Å². The normalized spacial score (nSPS) is 11.0. The van der Waals surface area contributed by atoms with Crippen molar-refractivity contribution in [3.05, 3.63) is 77.6 Å². The minimum absolute atomic E-state index is 0.0607. The maximum absolute atomic E-state index is 14.9. The largest absolute Gasteiger partial charge is 0.511 e. The molecule has 0 unspecified atom stereocenters. The minimum Gasteiger partial charge on any atom is -0.449 e. The van der Waals surface area contributed by atoms with Crippen LogP contribution in [0.5, 0.6) is 5.75 Å². The fraction of sp³-hybridized carbons (Fsp3) is 0.0476. The van der Waals surface area contributed by atoms with Crippen LogP contribution >= 0.6 is 0 Å². The van der Waals surface area contributed by atoms with Gasteiger partial charge in [-0.2, -0.15) is 0 Å². The molecule has 1 aromatic heterocycles. The fourth-order valence-electron chi connectivity index (χ4n) is 3.52. The molecule has 7 heteroatoms. The Balaban J connectivity index is 2.14. The quantitative estimate of drug-likeness (QED) is 0.412. The first-order chi connectivity index (χ1) is 13.5. The van der Waals surface area contributed by atoms with Crippen molar-refractivity contribution in [3.8, 4) is 5.75 Å². The van der Waals surface area contributed by atoms with Crippen molar-refractivity contribution in [1.29, 1.82) is 0 Å². The molecule has 4 rings (SSSR count). The van der Waals surface area contributed by atoms with E-state index in [0.717, 1.165) is 11.6 Å². The van der Waals surface area contributed by atoms with Gasteiger partial charge >= 0.3 is 6.16 Å². The second-order valence-corrected chi connectivity index (χ2v) is 6.27. The highest BCUT2D eigenvalue weighted by Crippen LogP contribution is 2.39. The van der Waals surface area contributed by atoms with Gasteiger partial charge in [-0.25, -0.2) is 9.18 Å². The summed E-state index contributed by atoms with van der Waals surface area (Å²) in [5, 5.41) is 9.63.